The van der Waals surface area contributed by atoms with Gasteiger partial charge in [-0.2, -0.15) is 5.26 Å². The molecule has 5 nitrogen and oxygen atoms in total. The van der Waals surface area contributed by atoms with Gasteiger partial charge in [0.15, 0.2) is 5.78 Å². The molecule has 0 spiro atoms. The lowest BCUT2D eigenvalue weighted by Gasteiger charge is -2.37. The Bertz CT molecular complexity index is 862. The fraction of sp³-hybridized carbons (Fsp3) is 0.368. The van der Waals surface area contributed by atoms with E-state index in [1.54, 1.807) is 7.11 Å². The van der Waals surface area contributed by atoms with Gasteiger partial charge in [0, 0.05) is 28.5 Å². The Labute approximate surface area is 155 Å². The lowest BCUT2D eigenvalue weighted by molar-refractivity contribution is -0.119. The Morgan fingerprint density at radius 1 is 1.40 bits per heavy atom. The standard InChI is InChI=1S/C19H19BrN2O3/c1-19(2)7-13(23)17-15(8-19)25-18(22)12(9-21)16(17)11-5-4-10(20)6-14(11)24-3/h4-6,16H,7-8,22H2,1-3H3. The highest BCUT2D eigenvalue weighted by Crippen LogP contribution is 2.49. The fourth-order valence-electron chi connectivity index (χ4n) is 3.52. The molecule has 1 unspecified atom stereocenters. The van der Waals surface area contributed by atoms with Crippen LogP contribution in [0.15, 0.2) is 45.5 Å². The molecule has 1 aliphatic carbocycles. The molecule has 1 aromatic rings. The third kappa shape index (κ3) is 3.05. The van der Waals surface area contributed by atoms with E-state index >= 15 is 0 Å². The average Bonchev–Trinajstić information content (AvgIpc) is 2.52. The second-order valence-corrected chi connectivity index (χ2v) is 8.00. The third-order valence-corrected chi connectivity index (χ3v) is 5.08. The Kier molecular flexibility index (Phi) is 4.38. The average molecular weight is 403 g/mol. The zero-order valence-electron chi connectivity index (χ0n) is 14.4. The minimum absolute atomic E-state index is 0.0125. The number of nitrogens with two attached hydrogens (primary N) is 1. The van der Waals surface area contributed by atoms with E-state index in [0.717, 1.165) is 10.0 Å². The maximum Gasteiger partial charge on any atom is 0.205 e. The maximum atomic E-state index is 12.9. The number of hydrogen-bond donors (Lipinski definition) is 1. The molecule has 6 heteroatoms. The summed E-state index contributed by atoms with van der Waals surface area (Å²) in [7, 11) is 1.56. The predicted octanol–water partition coefficient (Wildman–Crippen LogP) is 3.91. The quantitative estimate of drug-likeness (QED) is 0.810. The largest absolute Gasteiger partial charge is 0.496 e. The van der Waals surface area contributed by atoms with E-state index in [1.165, 1.54) is 0 Å². The number of allylic oxidation sites excluding steroid dienone is 3. The number of halogens is 1. The monoisotopic (exact) mass is 402 g/mol. The number of hydrogen-bond acceptors (Lipinski definition) is 5. The van der Waals surface area contributed by atoms with Crippen molar-refractivity contribution in [3.05, 3.63) is 51.0 Å². The van der Waals surface area contributed by atoms with Gasteiger partial charge in [-0.3, -0.25) is 4.79 Å². The van der Waals surface area contributed by atoms with Crippen LogP contribution in [-0.4, -0.2) is 12.9 Å². The minimum atomic E-state index is -0.569. The molecule has 1 aromatic carbocycles. The van der Waals surface area contributed by atoms with E-state index in [-0.39, 0.29) is 22.7 Å². The molecule has 130 valence electrons. The summed E-state index contributed by atoms with van der Waals surface area (Å²) in [6.07, 6.45) is 1.01. The molecule has 0 fully saturated rings. The number of carbonyl (C=O) groups excluding carboxylic acids is 1. The van der Waals surface area contributed by atoms with Crippen LogP contribution < -0.4 is 10.5 Å². The Balaban J connectivity index is 2.24. The van der Waals surface area contributed by atoms with E-state index in [9.17, 15) is 10.1 Å². The van der Waals surface area contributed by atoms with E-state index in [2.05, 4.69) is 22.0 Å². The molecule has 0 saturated heterocycles. The number of nitrogens with zero attached hydrogens (tertiary/aromatic N) is 1. The minimum Gasteiger partial charge on any atom is -0.496 e. The van der Waals surface area contributed by atoms with Crippen molar-refractivity contribution in [2.24, 2.45) is 11.1 Å². The molecule has 1 heterocycles. The first-order chi connectivity index (χ1) is 11.8. The predicted molar refractivity (Wildman–Crippen MR) is 96.4 cm³/mol. The van der Waals surface area contributed by atoms with Crippen molar-refractivity contribution in [2.45, 2.75) is 32.6 Å². The second-order valence-electron chi connectivity index (χ2n) is 7.09. The van der Waals surface area contributed by atoms with Crippen LogP contribution in [0, 0.1) is 16.7 Å². The van der Waals surface area contributed by atoms with Crippen LogP contribution in [0.5, 0.6) is 5.75 Å². The summed E-state index contributed by atoms with van der Waals surface area (Å²) in [5.41, 5.74) is 7.31. The molecular weight excluding hydrogens is 384 g/mol. The third-order valence-electron chi connectivity index (χ3n) is 4.58. The highest BCUT2D eigenvalue weighted by atomic mass is 79.9. The highest BCUT2D eigenvalue weighted by molar-refractivity contribution is 9.10. The first-order valence-electron chi connectivity index (χ1n) is 7.94. The zero-order chi connectivity index (χ0) is 18.4. The summed E-state index contributed by atoms with van der Waals surface area (Å²) in [4.78, 5) is 12.9. The highest BCUT2D eigenvalue weighted by Gasteiger charge is 2.43. The normalized spacial score (nSPS) is 22.2. The molecule has 2 aliphatic rings. The summed E-state index contributed by atoms with van der Waals surface area (Å²) < 4.78 is 12.0. The maximum absolute atomic E-state index is 12.9. The SMILES string of the molecule is COc1cc(Br)ccc1C1C(C#N)=C(N)OC2=C1C(=O)CC(C)(C)C2. The summed E-state index contributed by atoms with van der Waals surface area (Å²) in [5, 5.41) is 9.64. The molecule has 0 saturated carbocycles. The van der Waals surface area contributed by atoms with Gasteiger partial charge in [-0.05, 0) is 17.5 Å². The van der Waals surface area contributed by atoms with E-state index in [1.807, 2.05) is 32.0 Å². The van der Waals surface area contributed by atoms with Crippen molar-refractivity contribution in [2.75, 3.05) is 7.11 Å². The second kappa shape index (κ2) is 6.23. The number of Topliss-reactive ketones (excluding diaryl/α,β-unsaturated/α-hetero) is 1. The lowest BCUT2D eigenvalue weighted by atomic mass is 9.70. The number of nitriles is 1. The van der Waals surface area contributed by atoms with Gasteiger partial charge in [-0.1, -0.05) is 35.8 Å². The van der Waals surface area contributed by atoms with Crippen LogP contribution in [0.25, 0.3) is 0 Å². The van der Waals surface area contributed by atoms with Gasteiger partial charge >= 0.3 is 0 Å². The molecule has 2 N–H and O–H groups in total. The number of carbonyl (C=O) groups is 1. The van der Waals surface area contributed by atoms with E-state index in [4.69, 9.17) is 15.2 Å². The Hall–Kier alpha value is -2.26. The first-order valence-corrected chi connectivity index (χ1v) is 8.74. The van der Waals surface area contributed by atoms with Crippen LogP contribution in [0.1, 0.15) is 38.2 Å². The van der Waals surface area contributed by atoms with Crippen molar-refractivity contribution in [1.82, 2.24) is 0 Å². The molecule has 3 rings (SSSR count). The number of methoxy groups -OCH3 is 1. The molecule has 1 aliphatic heterocycles. The van der Waals surface area contributed by atoms with Crippen LogP contribution >= 0.6 is 15.9 Å². The van der Waals surface area contributed by atoms with Crippen molar-refractivity contribution in [1.29, 1.82) is 5.26 Å². The molecule has 0 amide bonds. The Morgan fingerprint density at radius 2 is 2.12 bits per heavy atom. The van der Waals surface area contributed by atoms with Gasteiger partial charge in [-0.25, -0.2) is 0 Å². The van der Waals surface area contributed by atoms with Gasteiger partial charge in [0.05, 0.1) is 13.0 Å². The molecule has 1 atom stereocenters. The lowest BCUT2D eigenvalue weighted by Crippen LogP contribution is -2.33. The van der Waals surface area contributed by atoms with Gasteiger partial charge in [0.1, 0.15) is 23.2 Å². The van der Waals surface area contributed by atoms with E-state index < -0.39 is 5.92 Å². The summed E-state index contributed by atoms with van der Waals surface area (Å²) in [6.45, 7) is 4.04. The molecular formula is C19H19BrN2O3. The topological polar surface area (TPSA) is 85.3 Å². The molecule has 0 aromatic heterocycles. The number of benzene rings is 1. The fourth-order valence-corrected chi connectivity index (χ4v) is 3.86. The number of ketones is 1. The van der Waals surface area contributed by atoms with Gasteiger partial charge in [0.25, 0.3) is 0 Å². The summed E-state index contributed by atoms with van der Waals surface area (Å²) >= 11 is 3.42. The molecule has 0 radical (unpaired) electrons. The van der Waals surface area contributed by atoms with Gasteiger partial charge in [0.2, 0.25) is 5.88 Å². The van der Waals surface area contributed by atoms with Crippen LogP contribution in [0.3, 0.4) is 0 Å². The Morgan fingerprint density at radius 3 is 2.76 bits per heavy atom. The van der Waals surface area contributed by atoms with Crippen LogP contribution in [0.4, 0.5) is 0 Å². The number of ether oxygens (including phenoxy) is 2. The van der Waals surface area contributed by atoms with Gasteiger partial charge < -0.3 is 15.2 Å². The van der Waals surface area contributed by atoms with Crippen molar-refractivity contribution in [3.8, 4) is 11.8 Å². The molecule has 25 heavy (non-hydrogen) atoms. The van der Waals surface area contributed by atoms with Crippen LogP contribution in [0.2, 0.25) is 0 Å². The van der Waals surface area contributed by atoms with Crippen LogP contribution in [-0.2, 0) is 9.53 Å². The smallest absolute Gasteiger partial charge is 0.205 e. The summed E-state index contributed by atoms with van der Waals surface area (Å²) in [6, 6.07) is 7.64. The summed E-state index contributed by atoms with van der Waals surface area (Å²) in [5.74, 6) is 0.627. The number of rotatable bonds is 2. The van der Waals surface area contributed by atoms with E-state index in [0.29, 0.717) is 29.9 Å². The van der Waals surface area contributed by atoms with Gasteiger partial charge in [-0.15, -0.1) is 0 Å². The van der Waals surface area contributed by atoms with Crippen molar-refractivity contribution in [3.63, 3.8) is 0 Å². The first kappa shape index (κ1) is 17.6. The molecule has 0 bridgehead atoms. The van der Waals surface area contributed by atoms with Crippen molar-refractivity contribution < 1.29 is 14.3 Å². The van der Waals surface area contributed by atoms with Crippen molar-refractivity contribution >= 4 is 21.7 Å². The zero-order valence-corrected chi connectivity index (χ0v) is 15.9.